The van der Waals surface area contributed by atoms with Gasteiger partial charge in [0.05, 0.1) is 35.2 Å². The molecule has 3 aromatic rings. The Labute approximate surface area is 288 Å². The molecule has 0 spiro atoms. The molecule has 0 N–H and O–H groups in total. The van der Waals surface area contributed by atoms with Gasteiger partial charge >= 0.3 is 40.8 Å². The van der Waals surface area contributed by atoms with Crippen molar-refractivity contribution in [1.82, 2.24) is 4.98 Å². The van der Waals surface area contributed by atoms with Crippen LogP contribution in [0.5, 0.6) is 0 Å². The summed E-state index contributed by atoms with van der Waals surface area (Å²) in [5.74, 6) is 0. The van der Waals surface area contributed by atoms with Gasteiger partial charge in [0.15, 0.2) is 0 Å². The van der Waals surface area contributed by atoms with Crippen LogP contribution in [-0.4, -0.2) is 17.4 Å². The minimum Gasteiger partial charge on any atom is -1.00 e. The topological polar surface area (TPSA) is 37.6 Å². The maximum absolute atomic E-state index is 4.96. The summed E-state index contributed by atoms with van der Waals surface area (Å²) in [5, 5.41) is 0. The molecule has 0 bridgehead atoms. The normalized spacial score (nSPS) is 10.5. The number of hydrogen-bond acceptors (Lipinski definition) is 3. The van der Waals surface area contributed by atoms with Crippen molar-refractivity contribution in [2.24, 2.45) is 9.98 Å². The third kappa shape index (κ3) is 12.3. The maximum atomic E-state index is 4.96. The van der Waals surface area contributed by atoms with Gasteiger partial charge in [0.2, 0.25) is 0 Å². The van der Waals surface area contributed by atoms with Gasteiger partial charge in [-0.3, -0.25) is 9.98 Å². The monoisotopic (exact) mass is 714 g/mol. The first-order valence-electron chi connectivity index (χ1n) is 13.4. The van der Waals surface area contributed by atoms with Gasteiger partial charge in [-0.25, -0.2) is 4.98 Å². The molecule has 1 radical (unpaired) electrons. The van der Waals surface area contributed by atoms with Gasteiger partial charge in [-0.1, -0.05) is 89.8 Å². The molecule has 0 aliphatic rings. The molecule has 0 aliphatic heterocycles. The molecule has 2 aromatic carbocycles. The number of rotatable bonds is 12. The van der Waals surface area contributed by atoms with Crippen molar-refractivity contribution in [1.29, 1.82) is 0 Å². The Kier molecular flexibility index (Phi) is 22.6. The zero-order valence-electron chi connectivity index (χ0n) is 23.9. The summed E-state index contributed by atoms with van der Waals surface area (Å²) in [5.41, 5.74) is 10.4. The summed E-state index contributed by atoms with van der Waals surface area (Å²) < 4.78 is 0. The van der Waals surface area contributed by atoms with E-state index in [-0.39, 0.29) is 78.1 Å². The number of halogens is 3. The largest absolute Gasteiger partial charge is 3.00 e. The molecule has 0 fully saturated rings. The van der Waals surface area contributed by atoms with Gasteiger partial charge in [0.25, 0.3) is 0 Å². The standard InChI is InChI=1S/C32H41N3.3ClH.Nd/c1-6-12-25-16-10-17-26(13-7-2)31(25)33-22-29-20-24(5)21-30(35-29)23-34-32-27(14-8-3)18-11-19-28(32)15-9-4;;;;/h10-11,16-23H,6-9,12-15H2,1-5H3;3*1H;/q;;;;+3/p-3. The second-order valence-electron chi connectivity index (χ2n) is 9.36. The number of hydrogen-bond donors (Lipinski definition) is 0. The minimum atomic E-state index is 0. The van der Waals surface area contributed by atoms with Gasteiger partial charge in [-0.2, -0.15) is 0 Å². The molecule has 0 atom stereocenters. The van der Waals surface area contributed by atoms with Crippen molar-refractivity contribution in [2.75, 3.05) is 0 Å². The van der Waals surface area contributed by atoms with E-state index in [0.717, 1.165) is 79.7 Å². The van der Waals surface area contributed by atoms with Crippen LogP contribution in [0.15, 0.2) is 58.5 Å². The third-order valence-electron chi connectivity index (χ3n) is 6.14. The van der Waals surface area contributed by atoms with Crippen molar-refractivity contribution in [3.63, 3.8) is 0 Å². The van der Waals surface area contributed by atoms with Crippen molar-refractivity contribution < 1.29 is 78.1 Å². The van der Waals surface area contributed by atoms with Crippen LogP contribution in [0.4, 0.5) is 11.4 Å². The molecule has 0 saturated carbocycles. The number of aliphatic imine (C=N–C) groups is 2. The molecular formula is C32H41Cl3N3Nd. The number of para-hydroxylation sites is 2. The Balaban J connectivity index is 0. The SMILES string of the molecule is CCCc1cccc(CCC)c1N=Cc1cc(C)cc(C=Nc2c(CCC)cccc2CCC)n1.[Cl-].[Cl-].[Cl-].[Nd+3]. The van der Waals surface area contributed by atoms with Crippen molar-refractivity contribution >= 4 is 23.8 Å². The molecular weight excluding hydrogens is 677 g/mol. The van der Waals surface area contributed by atoms with Crippen LogP contribution >= 0.6 is 0 Å². The summed E-state index contributed by atoms with van der Waals surface area (Å²) in [6.07, 6.45) is 12.5. The predicted molar refractivity (Wildman–Crippen MR) is 152 cm³/mol. The first-order valence-corrected chi connectivity index (χ1v) is 13.4. The van der Waals surface area contributed by atoms with Gasteiger partial charge in [-0.05, 0) is 72.6 Å². The number of aryl methyl sites for hydroxylation is 5. The fraction of sp³-hybridized carbons (Fsp3) is 0.406. The third-order valence-corrected chi connectivity index (χ3v) is 6.14. The van der Waals surface area contributed by atoms with Gasteiger partial charge in [-0.15, -0.1) is 0 Å². The van der Waals surface area contributed by atoms with Crippen LogP contribution in [-0.2, 0) is 25.7 Å². The van der Waals surface area contributed by atoms with Crippen LogP contribution in [0.2, 0.25) is 0 Å². The molecule has 1 heterocycles. The van der Waals surface area contributed by atoms with Crippen LogP contribution in [0.25, 0.3) is 0 Å². The molecule has 0 amide bonds. The smallest absolute Gasteiger partial charge is 1.00 e. The zero-order valence-corrected chi connectivity index (χ0v) is 29.4. The van der Waals surface area contributed by atoms with E-state index >= 15 is 0 Å². The number of pyridine rings is 1. The van der Waals surface area contributed by atoms with Crippen LogP contribution in [0.1, 0.15) is 92.6 Å². The van der Waals surface area contributed by atoms with E-state index in [9.17, 15) is 0 Å². The Bertz CT molecular complexity index is 1040. The molecule has 0 aliphatic carbocycles. The minimum absolute atomic E-state index is 0. The van der Waals surface area contributed by atoms with E-state index in [1.807, 2.05) is 12.4 Å². The van der Waals surface area contributed by atoms with Crippen molar-refractivity contribution in [3.8, 4) is 0 Å². The summed E-state index contributed by atoms with van der Waals surface area (Å²) in [6, 6.07) is 17.3. The average molecular weight is 718 g/mol. The number of nitrogens with zero attached hydrogens (tertiary/aromatic N) is 3. The van der Waals surface area contributed by atoms with Crippen molar-refractivity contribution in [2.45, 2.75) is 86.0 Å². The first kappa shape index (κ1) is 40.3. The molecule has 3 nitrogen and oxygen atoms in total. The number of aromatic nitrogens is 1. The summed E-state index contributed by atoms with van der Waals surface area (Å²) in [6.45, 7) is 11.0. The van der Waals surface area contributed by atoms with Crippen LogP contribution in [0, 0.1) is 47.8 Å². The molecule has 0 unspecified atom stereocenters. The van der Waals surface area contributed by atoms with E-state index in [0.29, 0.717) is 0 Å². The van der Waals surface area contributed by atoms with E-state index in [2.05, 4.69) is 83.1 Å². The summed E-state index contributed by atoms with van der Waals surface area (Å²) in [7, 11) is 0. The average Bonchev–Trinajstić information content (AvgIpc) is 2.84. The summed E-state index contributed by atoms with van der Waals surface area (Å²) >= 11 is 0. The summed E-state index contributed by atoms with van der Waals surface area (Å²) in [4.78, 5) is 14.8. The Hall–Kier alpha value is -0.849. The van der Waals surface area contributed by atoms with E-state index < -0.39 is 0 Å². The molecule has 3 rings (SSSR count). The fourth-order valence-corrected chi connectivity index (χ4v) is 4.62. The van der Waals surface area contributed by atoms with Gasteiger partial charge in [0.1, 0.15) is 0 Å². The van der Waals surface area contributed by atoms with E-state index in [1.165, 1.54) is 22.3 Å². The molecule has 209 valence electrons. The molecule has 7 heteroatoms. The van der Waals surface area contributed by atoms with Crippen molar-refractivity contribution in [3.05, 3.63) is 87.7 Å². The zero-order chi connectivity index (χ0) is 25.0. The predicted octanol–water partition coefficient (Wildman–Crippen LogP) is -0.287. The Morgan fingerprint density at radius 3 is 1.18 bits per heavy atom. The Morgan fingerprint density at radius 1 is 0.590 bits per heavy atom. The van der Waals surface area contributed by atoms with E-state index in [4.69, 9.17) is 15.0 Å². The second kappa shape index (κ2) is 21.8. The van der Waals surface area contributed by atoms with Gasteiger partial charge in [0, 0.05) is 0 Å². The van der Waals surface area contributed by atoms with Crippen LogP contribution < -0.4 is 37.2 Å². The van der Waals surface area contributed by atoms with Crippen LogP contribution in [0.3, 0.4) is 0 Å². The van der Waals surface area contributed by atoms with Gasteiger partial charge < -0.3 is 37.2 Å². The second-order valence-corrected chi connectivity index (χ2v) is 9.36. The molecule has 39 heavy (non-hydrogen) atoms. The molecule has 1 aromatic heterocycles. The van der Waals surface area contributed by atoms with E-state index in [1.54, 1.807) is 0 Å². The number of benzene rings is 2. The molecule has 0 saturated heterocycles. The Morgan fingerprint density at radius 2 is 0.897 bits per heavy atom. The fourth-order valence-electron chi connectivity index (χ4n) is 4.62. The quantitative estimate of drug-likeness (QED) is 0.238. The maximum Gasteiger partial charge on any atom is 3.00 e. The first-order chi connectivity index (χ1) is 17.1.